The summed E-state index contributed by atoms with van der Waals surface area (Å²) < 4.78 is 63.7. The van der Waals surface area contributed by atoms with Crippen molar-refractivity contribution in [3.63, 3.8) is 0 Å². The number of hydrogen-bond acceptors (Lipinski definition) is 7. The highest BCUT2D eigenvalue weighted by Crippen LogP contribution is 2.34. The second kappa shape index (κ2) is 7.79. The Balaban J connectivity index is 1.54. The standard InChI is InChI=1S/C21H22F4N8O/c1-20(22,23)10-33-15-8-12(4-5-14(15)28-30-33)13-6-7-32-17(13)18(34-3)27-19(29-32)26-16-9-31(2)11-21(16,24)25/h4-8,16H,9-11H2,1-3H3,(H,26,29). The Labute approximate surface area is 191 Å². The van der Waals surface area contributed by atoms with Crippen molar-refractivity contribution in [1.29, 1.82) is 0 Å². The quantitative estimate of drug-likeness (QED) is 0.426. The Kier molecular flexibility index (Phi) is 5.11. The van der Waals surface area contributed by atoms with Crippen LogP contribution in [0.5, 0.6) is 5.88 Å². The number of alkyl halides is 4. The molecule has 13 heteroatoms. The third kappa shape index (κ3) is 4.00. The Bertz CT molecular complexity index is 1360. The first kappa shape index (κ1) is 22.3. The molecule has 4 aromatic rings. The van der Waals surface area contributed by atoms with Crippen LogP contribution in [0, 0.1) is 0 Å². The molecule has 3 aromatic heterocycles. The molecule has 180 valence electrons. The molecule has 5 rings (SSSR count). The van der Waals surface area contributed by atoms with Gasteiger partial charge in [-0.2, -0.15) is 4.98 Å². The van der Waals surface area contributed by atoms with Crippen molar-refractivity contribution in [1.82, 2.24) is 34.5 Å². The number of ether oxygens (including phenoxy) is 1. The zero-order valence-corrected chi connectivity index (χ0v) is 18.6. The monoisotopic (exact) mass is 478 g/mol. The van der Waals surface area contributed by atoms with Crippen LogP contribution in [0.25, 0.3) is 27.7 Å². The van der Waals surface area contributed by atoms with Crippen LogP contribution in [0.1, 0.15) is 6.92 Å². The Hall–Kier alpha value is -3.48. The van der Waals surface area contributed by atoms with E-state index in [9.17, 15) is 17.6 Å². The molecular weight excluding hydrogens is 456 g/mol. The first-order chi connectivity index (χ1) is 16.0. The first-order valence-corrected chi connectivity index (χ1v) is 10.5. The van der Waals surface area contributed by atoms with Gasteiger partial charge in [0.1, 0.15) is 23.6 Å². The van der Waals surface area contributed by atoms with Crippen molar-refractivity contribution < 1.29 is 22.3 Å². The van der Waals surface area contributed by atoms with Crippen molar-refractivity contribution in [2.45, 2.75) is 31.4 Å². The molecule has 4 heterocycles. The Morgan fingerprint density at radius 1 is 1.26 bits per heavy atom. The van der Waals surface area contributed by atoms with Crippen LogP contribution < -0.4 is 10.1 Å². The molecule has 1 saturated heterocycles. The van der Waals surface area contributed by atoms with Gasteiger partial charge in [-0.3, -0.25) is 4.90 Å². The van der Waals surface area contributed by atoms with Crippen molar-refractivity contribution in [3.8, 4) is 17.0 Å². The van der Waals surface area contributed by atoms with E-state index in [1.807, 2.05) is 0 Å². The van der Waals surface area contributed by atoms with Crippen molar-refractivity contribution in [3.05, 3.63) is 30.5 Å². The minimum Gasteiger partial charge on any atom is -0.479 e. The molecule has 9 nitrogen and oxygen atoms in total. The SMILES string of the molecule is COc1nc(NC2CN(C)CC2(F)F)nn2ccc(-c3ccc4nnn(CC(C)(F)F)c4c3)c12. The third-order valence-corrected chi connectivity index (χ3v) is 5.71. The van der Waals surface area contributed by atoms with Crippen LogP contribution in [-0.4, -0.2) is 79.6 Å². The molecule has 34 heavy (non-hydrogen) atoms. The maximum absolute atomic E-state index is 14.2. The highest BCUT2D eigenvalue weighted by molar-refractivity contribution is 5.89. The summed E-state index contributed by atoms with van der Waals surface area (Å²) in [5, 5.41) is 14.8. The predicted octanol–water partition coefficient (Wildman–Crippen LogP) is 3.17. The Morgan fingerprint density at radius 3 is 2.74 bits per heavy atom. The summed E-state index contributed by atoms with van der Waals surface area (Å²) in [5.74, 6) is -5.69. The molecule has 0 saturated carbocycles. The molecular formula is C21H22F4N8O. The number of likely N-dealkylation sites (tertiary alicyclic amines) is 1. The van der Waals surface area contributed by atoms with Gasteiger partial charge >= 0.3 is 0 Å². The molecule has 1 fully saturated rings. The number of aromatic nitrogens is 6. The van der Waals surface area contributed by atoms with Crippen LogP contribution in [-0.2, 0) is 6.54 Å². The molecule has 0 spiro atoms. The maximum atomic E-state index is 14.2. The van der Waals surface area contributed by atoms with Gasteiger partial charge in [0.05, 0.1) is 19.2 Å². The number of anilines is 1. The fourth-order valence-corrected chi connectivity index (χ4v) is 4.23. The van der Waals surface area contributed by atoms with Gasteiger partial charge in [0.15, 0.2) is 0 Å². The lowest BCUT2D eigenvalue weighted by Crippen LogP contribution is -2.38. The van der Waals surface area contributed by atoms with Gasteiger partial charge in [-0.1, -0.05) is 11.3 Å². The van der Waals surface area contributed by atoms with Gasteiger partial charge in [0, 0.05) is 25.2 Å². The van der Waals surface area contributed by atoms with E-state index in [-0.39, 0.29) is 24.9 Å². The smallest absolute Gasteiger partial charge is 0.281 e. The normalized spacial score (nSPS) is 18.7. The number of nitrogens with one attached hydrogen (secondary N) is 1. The number of benzene rings is 1. The predicted molar refractivity (Wildman–Crippen MR) is 117 cm³/mol. The summed E-state index contributed by atoms with van der Waals surface area (Å²) in [5.41, 5.74) is 2.79. The number of methoxy groups -OCH3 is 1. The molecule has 0 bridgehead atoms. The van der Waals surface area contributed by atoms with E-state index in [1.165, 1.54) is 16.5 Å². The van der Waals surface area contributed by atoms with E-state index in [2.05, 4.69) is 25.7 Å². The van der Waals surface area contributed by atoms with Crippen molar-refractivity contribution in [2.75, 3.05) is 32.6 Å². The zero-order chi connectivity index (χ0) is 24.3. The minimum absolute atomic E-state index is 0.00869. The van der Waals surface area contributed by atoms with Crippen molar-refractivity contribution in [2.24, 2.45) is 0 Å². The lowest BCUT2D eigenvalue weighted by atomic mass is 10.1. The number of halogens is 4. The van der Waals surface area contributed by atoms with E-state index in [0.29, 0.717) is 27.7 Å². The molecule has 1 aliphatic heterocycles. The summed E-state index contributed by atoms with van der Waals surface area (Å²) in [4.78, 5) is 5.84. The fourth-order valence-electron chi connectivity index (χ4n) is 4.23. The van der Waals surface area contributed by atoms with Gasteiger partial charge in [-0.15, -0.1) is 10.2 Å². The lowest BCUT2D eigenvalue weighted by Gasteiger charge is -2.19. The summed E-state index contributed by atoms with van der Waals surface area (Å²) in [7, 11) is 3.05. The molecule has 0 aliphatic carbocycles. The topological polar surface area (TPSA) is 85.4 Å². The van der Waals surface area contributed by atoms with Crippen LogP contribution in [0.2, 0.25) is 0 Å². The highest BCUT2D eigenvalue weighted by Gasteiger charge is 2.47. The number of rotatable bonds is 6. The molecule has 1 aliphatic rings. The van der Waals surface area contributed by atoms with Crippen LogP contribution in [0.15, 0.2) is 30.5 Å². The molecule has 1 unspecified atom stereocenters. The molecule has 1 N–H and O–H groups in total. The van der Waals surface area contributed by atoms with Crippen LogP contribution in [0.3, 0.4) is 0 Å². The minimum atomic E-state index is -2.95. The summed E-state index contributed by atoms with van der Waals surface area (Å²) in [6, 6.07) is 5.80. The zero-order valence-electron chi connectivity index (χ0n) is 18.6. The lowest BCUT2D eigenvalue weighted by molar-refractivity contribution is 0.00121. The van der Waals surface area contributed by atoms with E-state index in [4.69, 9.17) is 4.74 Å². The van der Waals surface area contributed by atoms with Gasteiger partial charge < -0.3 is 10.1 Å². The summed E-state index contributed by atoms with van der Waals surface area (Å²) in [6.07, 6.45) is 1.65. The van der Waals surface area contributed by atoms with Crippen molar-refractivity contribution >= 4 is 22.5 Å². The number of nitrogens with zero attached hydrogens (tertiary/aromatic N) is 7. The summed E-state index contributed by atoms with van der Waals surface area (Å²) >= 11 is 0. The molecule has 0 amide bonds. The molecule has 1 atom stereocenters. The second-order valence-electron chi connectivity index (χ2n) is 8.64. The Morgan fingerprint density at radius 2 is 2.06 bits per heavy atom. The van der Waals surface area contributed by atoms with Gasteiger partial charge in [0.25, 0.3) is 11.8 Å². The van der Waals surface area contributed by atoms with Gasteiger partial charge in [-0.25, -0.2) is 26.8 Å². The van der Waals surface area contributed by atoms with Crippen LogP contribution >= 0.6 is 0 Å². The number of likely N-dealkylation sites (N-methyl/N-ethyl adjacent to an activating group) is 1. The number of hydrogen-bond donors (Lipinski definition) is 1. The third-order valence-electron chi connectivity index (χ3n) is 5.71. The van der Waals surface area contributed by atoms with Gasteiger partial charge in [0.2, 0.25) is 11.8 Å². The van der Waals surface area contributed by atoms with E-state index in [0.717, 1.165) is 11.6 Å². The first-order valence-electron chi connectivity index (χ1n) is 10.5. The largest absolute Gasteiger partial charge is 0.479 e. The summed E-state index contributed by atoms with van der Waals surface area (Å²) in [6.45, 7) is 0.00665. The molecule has 1 aromatic carbocycles. The van der Waals surface area contributed by atoms with E-state index < -0.39 is 24.4 Å². The fraction of sp³-hybridized carbons (Fsp3) is 0.429. The van der Waals surface area contributed by atoms with E-state index >= 15 is 0 Å². The maximum Gasteiger partial charge on any atom is 0.281 e. The van der Waals surface area contributed by atoms with E-state index in [1.54, 1.807) is 37.5 Å². The average molecular weight is 478 g/mol. The second-order valence-corrected chi connectivity index (χ2v) is 8.64. The van der Waals surface area contributed by atoms with Gasteiger partial charge in [-0.05, 0) is 30.8 Å². The number of fused-ring (bicyclic) bond motifs is 2. The average Bonchev–Trinajstić information content (AvgIpc) is 3.41. The highest BCUT2D eigenvalue weighted by atomic mass is 19.3. The molecule has 0 radical (unpaired) electrons. The van der Waals surface area contributed by atoms with Crippen LogP contribution in [0.4, 0.5) is 23.5 Å².